The molecular weight excluding hydrogens is 308 g/mol. The Morgan fingerprint density at radius 3 is 2.67 bits per heavy atom. The molecule has 0 atom stereocenters. The molecule has 6 heteroatoms. The third-order valence-electron chi connectivity index (χ3n) is 3.07. The number of methoxy groups -OCH3 is 1. The quantitative estimate of drug-likeness (QED) is 0.625. The number of hydrogen-bond donors (Lipinski definition) is 1. The zero-order valence-corrected chi connectivity index (χ0v) is 13.7. The standard InChI is InChI=1S/C18H20N2O4/c1-3-23-18(21)20-19-12-15-9-10-16(22-2)17(11-15)24-13-14-7-5-4-6-8-14/h4-12H,3,13H2,1-2H3,(H,20,21). The molecule has 24 heavy (non-hydrogen) atoms. The van der Waals surface area contributed by atoms with Gasteiger partial charge in [0.1, 0.15) is 6.61 Å². The number of rotatable bonds is 7. The van der Waals surface area contributed by atoms with Crippen LogP contribution in [-0.4, -0.2) is 26.0 Å². The van der Waals surface area contributed by atoms with Crippen molar-refractivity contribution in [1.82, 2.24) is 5.43 Å². The first-order valence-electron chi connectivity index (χ1n) is 7.53. The Kier molecular flexibility index (Phi) is 6.64. The van der Waals surface area contributed by atoms with Crippen LogP contribution in [0.5, 0.6) is 11.5 Å². The maximum atomic E-state index is 11.2. The Bertz CT molecular complexity index is 687. The Balaban J connectivity index is 2.03. The number of nitrogens with zero attached hydrogens (tertiary/aromatic N) is 1. The third-order valence-corrected chi connectivity index (χ3v) is 3.07. The molecule has 0 aliphatic carbocycles. The summed E-state index contributed by atoms with van der Waals surface area (Å²) in [5.74, 6) is 1.22. The molecule has 126 valence electrons. The van der Waals surface area contributed by atoms with Gasteiger partial charge in [0, 0.05) is 0 Å². The fraction of sp³-hybridized carbons (Fsp3) is 0.222. The molecule has 0 unspecified atom stereocenters. The molecule has 2 rings (SSSR count). The minimum atomic E-state index is -0.595. The number of hydrazone groups is 1. The van der Waals surface area contributed by atoms with Crippen LogP contribution in [0.25, 0.3) is 0 Å². The maximum Gasteiger partial charge on any atom is 0.427 e. The summed E-state index contributed by atoms with van der Waals surface area (Å²) in [5, 5.41) is 3.83. The van der Waals surface area contributed by atoms with Crippen LogP contribution < -0.4 is 14.9 Å². The zero-order valence-electron chi connectivity index (χ0n) is 13.7. The monoisotopic (exact) mass is 328 g/mol. The number of ether oxygens (including phenoxy) is 3. The van der Waals surface area contributed by atoms with Gasteiger partial charge in [-0.3, -0.25) is 0 Å². The molecule has 0 spiro atoms. The predicted octanol–water partition coefficient (Wildman–Crippen LogP) is 3.35. The van der Waals surface area contributed by atoms with Crippen LogP contribution in [0.3, 0.4) is 0 Å². The van der Waals surface area contributed by atoms with Gasteiger partial charge in [-0.15, -0.1) is 0 Å². The van der Waals surface area contributed by atoms with Crippen molar-refractivity contribution in [3.05, 3.63) is 59.7 Å². The van der Waals surface area contributed by atoms with Crippen molar-refractivity contribution in [1.29, 1.82) is 0 Å². The van der Waals surface area contributed by atoms with Crippen molar-refractivity contribution in [2.75, 3.05) is 13.7 Å². The van der Waals surface area contributed by atoms with Gasteiger partial charge in [-0.25, -0.2) is 10.2 Å². The van der Waals surface area contributed by atoms with E-state index < -0.39 is 6.09 Å². The van der Waals surface area contributed by atoms with E-state index in [1.54, 1.807) is 26.2 Å². The summed E-state index contributed by atoms with van der Waals surface area (Å²) in [6.07, 6.45) is 0.911. The van der Waals surface area contributed by atoms with Crippen molar-refractivity contribution < 1.29 is 19.0 Å². The summed E-state index contributed by atoms with van der Waals surface area (Å²) in [6.45, 7) is 2.45. The molecule has 0 radical (unpaired) electrons. The first-order valence-corrected chi connectivity index (χ1v) is 7.53. The molecule has 2 aromatic rings. The molecule has 0 saturated heterocycles. The fourth-order valence-corrected chi connectivity index (χ4v) is 1.94. The second-order valence-electron chi connectivity index (χ2n) is 4.78. The maximum absolute atomic E-state index is 11.2. The van der Waals surface area contributed by atoms with Crippen LogP contribution in [0.1, 0.15) is 18.1 Å². The Morgan fingerprint density at radius 2 is 1.96 bits per heavy atom. The molecule has 1 N–H and O–H groups in total. The first-order chi connectivity index (χ1) is 11.7. The van der Waals surface area contributed by atoms with E-state index in [0.29, 0.717) is 24.7 Å². The number of amides is 1. The van der Waals surface area contributed by atoms with Crippen LogP contribution in [0.4, 0.5) is 4.79 Å². The third kappa shape index (κ3) is 5.31. The van der Waals surface area contributed by atoms with Crippen LogP contribution in [0, 0.1) is 0 Å². The Labute approximate surface area is 141 Å². The lowest BCUT2D eigenvalue weighted by Crippen LogP contribution is -2.18. The topological polar surface area (TPSA) is 69.2 Å². The second kappa shape index (κ2) is 9.19. The number of hydrogen-bond acceptors (Lipinski definition) is 5. The van der Waals surface area contributed by atoms with Crippen LogP contribution in [0.2, 0.25) is 0 Å². The minimum absolute atomic E-state index is 0.293. The summed E-state index contributed by atoms with van der Waals surface area (Å²) in [7, 11) is 1.58. The number of nitrogens with one attached hydrogen (secondary N) is 1. The smallest absolute Gasteiger partial charge is 0.427 e. The van der Waals surface area contributed by atoms with Gasteiger partial charge in [0.2, 0.25) is 0 Å². The van der Waals surface area contributed by atoms with Crippen molar-refractivity contribution in [2.24, 2.45) is 5.10 Å². The minimum Gasteiger partial charge on any atom is -0.493 e. The van der Waals surface area contributed by atoms with E-state index in [1.807, 2.05) is 36.4 Å². The van der Waals surface area contributed by atoms with Crippen LogP contribution >= 0.6 is 0 Å². The van der Waals surface area contributed by atoms with Gasteiger partial charge < -0.3 is 14.2 Å². The van der Waals surface area contributed by atoms with Crippen LogP contribution in [-0.2, 0) is 11.3 Å². The van der Waals surface area contributed by atoms with Crippen molar-refractivity contribution in [2.45, 2.75) is 13.5 Å². The van der Waals surface area contributed by atoms with E-state index in [-0.39, 0.29) is 0 Å². The van der Waals surface area contributed by atoms with Gasteiger partial charge >= 0.3 is 6.09 Å². The van der Waals surface area contributed by atoms with E-state index >= 15 is 0 Å². The van der Waals surface area contributed by atoms with Gasteiger partial charge in [-0.1, -0.05) is 30.3 Å². The van der Waals surface area contributed by atoms with E-state index in [4.69, 9.17) is 14.2 Å². The normalized spacial score (nSPS) is 10.4. The molecule has 0 aromatic heterocycles. The average molecular weight is 328 g/mol. The molecule has 1 amide bonds. The molecule has 6 nitrogen and oxygen atoms in total. The number of carbonyl (C=O) groups is 1. The fourth-order valence-electron chi connectivity index (χ4n) is 1.94. The summed E-state index contributed by atoms with van der Waals surface area (Å²) in [5.41, 5.74) is 4.09. The van der Waals surface area contributed by atoms with Crippen molar-refractivity contribution in [3.8, 4) is 11.5 Å². The Hall–Kier alpha value is -3.02. The largest absolute Gasteiger partial charge is 0.493 e. The molecule has 0 aliphatic heterocycles. The molecule has 2 aromatic carbocycles. The summed E-state index contributed by atoms with van der Waals surface area (Å²) < 4.78 is 15.8. The highest BCUT2D eigenvalue weighted by Gasteiger charge is 2.06. The van der Waals surface area contributed by atoms with Gasteiger partial charge in [-0.05, 0) is 36.2 Å². The van der Waals surface area contributed by atoms with E-state index in [9.17, 15) is 4.79 Å². The van der Waals surface area contributed by atoms with Gasteiger partial charge in [0.25, 0.3) is 0 Å². The lowest BCUT2D eigenvalue weighted by Gasteiger charge is -2.11. The van der Waals surface area contributed by atoms with Gasteiger partial charge in [0.05, 0.1) is 19.9 Å². The average Bonchev–Trinajstić information content (AvgIpc) is 2.61. The lowest BCUT2D eigenvalue weighted by molar-refractivity contribution is 0.152. The van der Waals surface area contributed by atoms with Crippen molar-refractivity contribution in [3.63, 3.8) is 0 Å². The SMILES string of the molecule is CCOC(=O)NN=Cc1ccc(OC)c(OCc2ccccc2)c1. The highest BCUT2D eigenvalue weighted by atomic mass is 16.5. The highest BCUT2D eigenvalue weighted by Crippen LogP contribution is 2.28. The summed E-state index contributed by atoms with van der Waals surface area (Å²) in [4.78, 5) is 11.2. The molecule has 0 aliphatic rings. The van der Waals surface area contributed by atoms with E-state index in [1.165, 1.54) is 6.21 Å². The number of benzene rings is 2. The predicted molar refractivity (Wildman–Crippen MR) is 91.5 cm³/mol. The Morgan fingerprint density at radius 1 is 1.17 bits per heavy atom. The zero-order chi connectivity index (χ0) is 17.2. The molecule has 0 bridgehead atoms. The number of carbonyl (C=O) groups excluding carboxylic acids is 1. The first kappa shape index (κ1) is 17.3. The van der Waals surface area contributed by atoms with Crippen molar-refractivity contribution >= 4 is 12.3 Å². The van der Waals surface area contributed by atoms with Gasteiger partial charge in [0.15, 0.2) is 11.5 Å². The molecular formula is C18H20N2O4. The van der Waals surface area contributed by atoms with Crippen LogP contribution in [0.15, 0.2) is 53.6 Å². The summed E-state index contributed by atoms with van der Waals surface area (Å²) in [6, 6.07) is 15.2. The molecule has 0 saturated carbocycles. The van der Waals surface area contributed by atoms with E-state index in [2.05, 4.69) is 10.5 Å². The molecule has 0 fully saturated rings. The molecule has 0 heterocycles. The summed E-state index contributed by atoms with van der Waals surface area (Å²) >= 11 is 0. The van der Waals surface area contributed by atoms with E-state index in [0.717, 1.165) is 11.1 Å². The highest BCUT2D eigenvalue weighted by molar-refractivity contribution is 5.82. The second-order valence-corrected chi connectivity index (χ2v) is 4.78. The lowest BCUT2D eigenvalue weighted by atomic mass is 10.2. The van der Waals surface area contributed by atoms with Gasteiger partial charge in [-0.2, -0.15) is 5.10 Å².